The maximum absolute atomic E-state index is 6.22. The van der Waals surface area contributed by atoms with E-state index in [0.29, 0.717) is 16.1 Å². The van der Waals surface area contributed by atoms with Crippen molar-refractivity contribution >= 4 is 29.0 Å². The Balaban J connectivity index is 1.97. The van der Waals surface area contributed by atoms with Crippen molar-refractivity contribution in [2.24, 2.45) is 5.73 Å². The van der Waals surface area contributed by atoms with Crippen molar-refractivity contribution < 1.29 is 0 Å². The highest BCUT2D eigenvalue weighted by atomic mass is 35.5. The van der Waals surface area contributed by atoms with Crippen LogP contribution in [-0.4, -0.2) is 48.6 Å². The third kappa shape index (κ3) is 3.76. The molecule has 1 fully saturated rings. The second-order valence-electron chi connectivity index (χ2n) is 5.12. The first-order chi connectivity index (χ1) is 9.65. The second kappa shape index (κ2) is 7.46. The van der Waals surface area contributed by atoms with Crippen LogP contribution in [0.4, 0.5) is 5.82 Å². The zero-order valence-corrected chi connectivity index (χ0v) is 13.4. The van der Waals surface area contributed by atoms with Gasteiger partial charge in [-0.1, -0.05) is 30.1 Å². The van der Waals surface area contributed by atoms with Crippen molar-refractivity contribution in [3.8, 4) is 0 Å². The lowest BCUT2D eigenvalue weighted by Crippen LogP contribution is -2.51. The predicted molar refractivity (Wildman–Crippen MR) is 85.8 cm³/mol. The first kappa shape index (κ1) is 15.8. The number of nitrogens with zero attached hydrogens (tertiary/aromatic N) is 3. The molecule has 1 aromatic rings. The molecule has 112 valence electrons. The van der Waals surface area contributed by atoms with E-state index in [1.54, 1.807) is 12.3 Å². The molecular weight excluding hydrogens is 295 g/mol. The van der Waals surface area contributed by atoms with Gasteiger partial charge in [-0.05, 0) is 25.5 Å². The Morgan fingerprint density at radius 3 is 2.55 bits per heavy atom. The monoisotopic (exact) mass is 316 g/mol. The number of hydrogen-bond donors (Lipinski definition) is 1. The maximum Gasteiger partial charge on any atom is 0.147 e. The van der Waals surface area contributed by atoms with E-state index in [0.717, 1.165) is 51.4 Å². The van der Waals surface area contributed by atoms with Gasteiger partial charge in [-0.3, -0.25) is 4.90 Å². The average molecular weight is 317 g/mol. The largest absolute Gasteiger partial charge is 0.353 e. The number of hydrogen-bond acceptors (Lipinski definition) is 4. The van der Waals surface area contributed by atoms with E-state index < -0.39 is 0 Å². The molecule has 1 saturated heterocycles. The minimum atomic E-state index is 0.575. The van der Waals surface area contributed by atoms with Crippen LogP contribution in [0, 0.1) is 0 Å². The Morgan fingerprint density at radius 2 is 2.00 bits per heavy atom. The molecule has 6 heteroatoms. The van der Waals surface area contributed by atoms with Gasteiger partial charge >= 0.3 is 0 Å². The zero-order valence-electron chi connectivity index (χ0n) is 11.9. The molecule has 1 unspecified atom stereocenters. The lowest BCUT2D eigenvalue weighted by Gasteiger charge is -2.39. The summed E-state index contributed by atoms with van der Waals surface area (Å²) in [6.07, 6.45) is 3.87. The normalized spacial score (nSPS) is 18.3. The smallest absolute Gasteiger partial charge is 0.147 e. The third-order valence-electron chi connectivity index (χ3n) is 3.89. The fourth-order valence-corrected chi connectivity index (χ4v) is 3.28. The Hall–Kier alpha value is -0.550. The first-order valence-corrected chi connectivity index (χ1v) is 7.91. The highest BCUT2D eigenvalue weighted by Gasteiger charge is 2.24. The van der Waals surface area contributed by atoms with Gasteiger partial charge in [-0.25, -0.2) is 4.98 Å². The van der Waals surface area contributed by atoms with Crippen LogP contribution in [0.2, 0.25) is 10.0 Å². The summed E-state index contributed by atoms with van der Waals surface area (Å²) in [5.74, 6) is 0.836. The summed E-state index contributed by atoms with van der Waals surface area (Å²) in [5.41, 5.74) is 5.69. The van der Waals surface area contributed by atoms with Crippen molar-refractivity contribution in [1.82, 2.24) is 9.88 Å². The van der Waals surface area contributed by atoms with Crippen LogP contribution < -0.4 is 10.6 Å². The number of pyridine rings is 1. The predicted octanol–water partition coefficient (Wildman–Crippen LogP) is 2.64. The lowest BCUT2D eigenvalue weighted by atomic mass is 10.1. The van der Waals surface area contributed by atoms with Gasteiger partial charge in [0.1, 0.15) is 5.82 Å². The molecule has 2 N–H and O–H groups in total. The molecule has 0 radical (unpaired) electrons. The summed E-state index contributed by atoms with van der Waals surface area (Å²) in [6.45, 7) is 6.91. The molecule has 2 rings (SSSR count). The second-order valence-corrected chi connectivity index (χ2v) is 5.97. The highest BCUT2D eigenvalue weighted by Crippen LogP contribution is 2.27. The quantitative estimate of drug-likeness (QED) is 0.907. The standard InChI is InChI=1S/C14H22Cl2N4/c1-2-12(3-4-17)19-5-7-20(8-6-19)14-13(16)9-11(15)10-18-14/h9-10,12H,2-8,17H2,1H3. The van der Waals surface area contributed by atoms with Gasteiger partial charge in [-0.15, -0.1) is 0 Å². The lowest BCUT2D eigenvalue weighted by molar-refractivity contribution is 0.173. The number of halogens is 2. The number of nitrogens with two attached hydrogens (primary N) is 1. The van der Waals surface area contributed by atoms with Gasteiger partial charge in [0.15, 0.2) is 0 Å². The fourth-order valence-electron chi connectivity index (χ4n) is 2.78. The van der Waals surface area contributed by atoms with Gasteiger partial charge in [0.2, 0.25) is 0 Å². The zero-order chi connectivity index (χ0) is 14.5. The van der Waals surface area contributed by atoms with E-state index in [1.165, 1.54) is 0 Å². The van der Waals surface area contributed by atoms with Crippen LogP contribution in [-0.2, 0) is 0 Å². The van der Waals surface area contributed by atoms with Gasteiger partial charge in [0.25, 0.3) is 0 Å². The van der Waals surface area contributed by atoms with Crippen LogP contribution in [0.1, 0.15) is 19.8 Å². The number of piperazine rings is 1. The summed E-state index contributed by atoms with van der Waals surface area (Å²) in [4.78, 5) is 9.10. The Bertz CT molecular complexity index is 433. The molecule has 0 bridgehead atoms. The molecule has 2 heterocycles. The Morgan fingerprint density at radius 1 is 1.30 bits per heavy atom. The molecule has 0 saturated carbocycles. The van der Waals surface area contributed by atoms with Gasteiger partial charge in [0, 0.05) is 38.4 Å². The molecule has 0 amide bonds. The van der Waals surface area contributed by atoms with E-state index in [1.807, 2.05) is 0 Å². The average Bonchev–Trinajstić information content (AvgIpc) is 2.45. The molecule has 1 aliphatic rings. The summed E-state index contributed by atoms with van der Waals surface area (Å²) >= 11 is 12.1. The molecule has 0 aromatic carbocycles. The molecule has 0 spiro atoms. The number of anilines is 1. The molecule has 1 aliphatic heterocycles. The van der Waals surface area contributed by atoms with Crippen molar-refractivity contribution in [3.63, 3.8) is 0 Å². The van der Waals surface area contributed by atoms with E-state index >= 15 is 0 Å². The molecule has 0 aliphatic carbocycles. The van der Waals surface area contributed by atoms with Crippen LogP contribution in [0.5, 0.6) is 0 Å². The number of rotatable bonds is 5. The van der Waals surface area contributed by atoms with Crippen molar-refractivity contribution in [1.29, 1.82) is 0 Å². The van der Waals surface area contributed by atoms with Crippen LogP contribution in [0.15, 0.2) is 12.3 Å². The van der Waals surface area contributed by atoms with Gasteiger partial charge in [-0.2, -0.15) is 0 Å². The molecule has 20 heavy (non-hydrogen) atoms. The third-order valence-corrected chi connectivity index (χ3v) is 4.37. The molecule has 4 nitrogen and oxygen atoms in total. The summed E-state index contributed by atoms with van der Waals surface area (Å²) in [6, 6.07) is 2.34. The Labute approximate surface area is 130 Å². The number of aromatic nitrogens is 1. The van der Waals surface area contributed by atoms with Crippen LogP contribution >= 0.6 is 23.2 Å². The topological polar surface area (TPSA) is 45.4 Å². The Kier molecular flexibility index (Phi) is 5.90. The van der Waals surface area contributed by atoms with E-state index in [9.17, 15) is 0 Å². The van der Waals surface area contributed by atoms with E-state index in [4.69, 9.17) is 28.9 Å². The summed E-state index contributed by atoms with van der Waals surface area (Å²) < 4.78 is 0. The maximum atomic E-state index is 6.22. The first-order valence-electron chi connectivity index (χ1n) is 7.15. The van der Waals surface area contributed by atoms with Gasteiger partial charge in [0.05, 0.1) is 10.0 Å². The minimum Gasteiger partial charge on any atom is -0.353 e. The SMILES string of the molecule is CCC(CCN)N1CCN(c2ncc(Cl)cc2Cl)CC1. The van der Waals surface area contributed by atoms with Crippen molar-refractivity contribution in [3.05, 3.63) is 22.3 Å². The van der Waals surface area contributed by atoms with Crippen LogP contribution in [0.25, 0.3) is 0 Å². The van der Waals surface area contributed by atoms with Crippen molar-refractivity contribution in [2.45, 2.75) is 25.8 Å². The summed E-state index contributed by atoms with van der Waals surface area (Å²) in [7, 11) is 0. The highest BCUT2D eigenvalue weighted by molar-refractivity contribution is 6.36. The molecular formula is C14H22Cl2N4. The minimum absolute atomic E-state index is 0.575. The van der Waals surface area contributed by atoms with E-state index in [2.05, 4.69) is 21.7 Å². The molecule has 1 aromatic heterocycles. The van der Waals surface area contributed by atoms with Crippen LogP contribution in [0.3, 0.4) is 0 Å². The van der Waals surface area contributed by atoms with Crippen molar-refractivity contribution in [2.75, 3.05) is 37.6 Å². The van der Waals surface area contributed by atoms with Gasteiger partial charge < -0.3 is 10.6 Å². The van der Waals surface area contributed by atoms with E-state index in [-0.39, 0.29) is 0 Å². The molecule has 1 atom stereocenters. The fraction of sp³-hybridized carbons (Fsp3) is 0.643. The summed E-state index contributed by atoms with van der Waals surface area (Å²) in [5, 5.41) is 1.20.